The molecule has 0 radical (unpaired) electrons. The standard InChI is InChI=1S/C17H18N4O3.Li/c22-17(23)13-4-15(20-7-14(19-9-20)10-1-2-10)16(5-18-13)21-6-12-3-11(21)8-24-12;/h4-5,7,9-12H,1-3,6,8H2,(H,22,23);/q;+1/p-1/t11-,12-;/m0./s1. The fourth-order valence-electron chi connectivity index (χ4n) is 3.73. The molecule has 7 nitrogen and oxygen atoms in total. The van der Waals surface area contributed by atoms with Gasteiger partial charge in [-0.15, -0.1) is 0 Å². The molecule has 1 aliphatic carbocycles. The second-order valence-corrected chi connectivity index (χ2v) is 6.82. The molecule has 0 N–H and O–H groups in total. The molecule has 2 aliphatic heterocycles. The van der Waals surface area contributed by atoms with E-state index in [1.165, 1.54) is 12.8 Å². The molecule has 2 bridgehead atoms. The smallest absolute Gasteiger partial charge is 0.543 e. The predicted octanol–water partition coefficient (Wildman–Crippen LogP) is -2.51. The van der Waals surface area contributed by atoms with E-state index in [2.05, 4.69) is 14.9 Å². The van der Waals surface area contributed by atoms with Gasteiger partial charge >= 0.3 is 18.9 Å². The van der Waals surface area contributed by atoms with Gasteiger partial charge in [0.2, 0.25) is 0 Å². The Morgan fingerprint density at radius 1 is 1.28 bits per heavy atom. The number of carboxylic acids is 1. The summed E-state index contributed by atoms with van der Waals surface area (Å²) in [5.41, 5.74) is 2.72. The predicted molar refractivity (Wildman–Crippen MR) is 83.2 cm³/mol. The summed E-state index contributed by atoms with van der Waals surface area (Å²) in [6.45, 7) is 1.53. The van der Waals surface area contributed by atoms with Crippen molar-refractivity contribution in [3.63, 3.8) is 0 Å². The minimum absolute atomic E-state index is 0. The average molecular weight is 332 g/mol. The molecule has 8 heteroatoms. The van der Waals surface area contributed by atoms with Crippen LogP contribution in [0.2, 0.25) is 0 Å². The number of carboxylic acid groups (broad SMARTS) is 1. The SMILES string of the molecule is O=C([O-])c1cc(-n2cnc(C3CC3)c2)c(N2C[C@@H]3C[C@H]2CO3)cn1.[Li+]. The van der Waals surface area contributed by atoms with E-state index in [-0.39, 0.29) is 30.7 Å². The van der Waals surface area contributed by atoms with Crippen LogP contribution in [0.4, 0.5) is 5.69 Å². The summed E-state index contributed by atoms with van der Waals surface area (Å²) in [7, 11) is 0. The van der Waals surface area contributed by atoms with Gasteiger partial charge in [-0.2, -0.15) is 0 Å². The Labute approximate surface area is 157 Å². The van der Waals surface area contributed by atoms with Crippen molar-refractivity contribution < 1.29 is 33.5 Å². The Bertz CT molecular complexity index is 820. The molecule has 3 fully saturated rings. The van der Waals surface area contributed by atoms with Crippen molar-refractivity contribution in [2.45, 2.75) is 37.3 Å². The second-order valence-electron chi connectivity index (χ2n) is 6.82. The molecule has 0 aromatic carbocycles. The Kier molecular flexibility index (Phi) is 4.11. The number of ether oxygens (including phenoxy) is 1. The van der Waals surface area contributed by atoms with Crippen molar-refractivity contribution in [1.82, 2.24) is 14.5 Å². The number of carbonyl (C=O) groups excluding carboxylic acids is 1. The van der Waals surface area contributed by atoms with Crippen LogP contribution < -0.4 is 28.9 Å². The monoisotopic (exact) mass is 332 g/mol. The topological polar surface area (TPSA) is 83.3 Å². The van der Waals surface area contributed by atoms with Crippen molar-refractivity contribution in [3.05, 3.63) is 36.2 Å². The molecule has 25 heavy (non-hydrogen) atoms. The number of anilines is 1. The van der Waals surface area contributed by atoms with Crippen molar-refractivity contribution in [1.29, 1.82) is 0 Å². The number of rotatable bonds is 4. The van der Waals surface area contributed by atoms with Gasteiger partial charge in [0.1, 0.15) is 0 Å². The van der Waals surface area contributed by atoms with Crippen LogP contribution in [0, 0.1) is 0 Å². The number of carbonyl (C=O) groups is 1. The molecule has 0 unspecified atom stereocenters. The number of hydrogen-bond donors (Lipinski definition) is 0. The molecule has 2 atom stereocenters. The van der Waals surface area contributed by atoms with Crippen LogP contribution in [0.25, 0.3) is 5.69 Å². The van der Waals surface area contributed by atoms with Crippen LogP contribution in [-0.2, 0) is 4.74 Å². The number of aromatic nitrogens is 3. The van der Waals surface area contributed by atoms with Crippen LogP contribution in [0.15, 0.2) is 24.8 Å². The number of hydrogen-bond acceptors (Lipinski definition) is 6. The zero-order valence-corrected chi connectivity index (χ0v) is 14.1. The molecule has 2 saturated heterocycles. The summed E-state index contributed by atoms with van der Waals surface area (Å²) < 4.78 is 7.58. The molecule has 124 valence electrons. The van der Waals surface area contributed by atoms with Crippen LogP contribution in [-0.4, -0.2) is 45.8 Å². The Balaban J connectivity index is 0.00000157. The third-order valence-corrected chi connectivity index (χ3v) is 5.16. The Morgan fingerprint density at radius 3 is 2.76 bits per heavy atom. The van der Waals surface area contributed by atoms with E-state index in [9.17, 15) is 9.90 Å². The Hall–Kier alpha value is -1.81. The Morgan fingerprint density at radius 2 is 2.12 bits per heavy atom. The van der Waals surface area contributed by atoms with Crippen molar-refractivity contribution in [2.24, 2.45) is 0 Å². The van der Waals surface area contributed by atoms with E-state index in [0.717, 1.165) is 30.0 Å². The molecular formula is C17H17LiN4O3. The fourth-order valence-corrected chi connectivity index (χ4v) is 3.73. The van der Waals surface area contributed by atoms with Gasteiger partial charge in [-0.25, -0.2) is 4.98 Å². The van der Waals surface area contributed by atoms with E-state index in [0.29, 0.717) is 18.6 Å². The average Bonchev–Trinajstić information content (AvgIpc) is 3.01. The zero-order chi connectivity index (χ0) is 16.3. The molecular weight excluding hydrogens is 315 g/mol. The van der Waals surface area contributed by atoms with E-state index in [1.54, 1.807) is 18.6 Å². The first-order chi connectivity index (χ1) is 11.7. The first-order valence-electron chi connectivity index (χ1n) is 8.33. The van der Waals surface area contributed by atoms with Crippen LogP contribution >= 0.6 is 0 Å². The van der Waals surface area contributed by atoms with Crippen molar-refractivity contribution in [2.75, 3.05) is 18.1 Å². The normalized spacial score (nSPS) is 24.4. The van der Waals surface area contributed by atoms with Gasteiger partial charge in [0.15, 0.2) is 0 Å². The molecule has 4 heterocycles. The number of nitrogens with zero attached hydrogens (tertiary/aromatic N) is 4. The van der Waals surface area contributed by atoms with E-state index in [1.807, 2.05) is 10.8 Å². The summed E-state index contributed by atoms with van der Waals surface area (Å²) in [6.07, 6.45) is 9.02. The fraction of sp³-hybridized carbons (Fsp3) is 0.471. The van der Waals surface area contributed by atoms with Crippen molar-refractivity contribution >= 4 is 11.7 Å². The number of fused-ring (bicyclic) bond motifs is 2. The number of pyridine rings is 1. The van der Waals surface area contributed by atoms with Gasteiger partial charge in [0, 0.05) is 18.7 Å². The summed E-state index contributed by atoms with van der Waals surface area (Å²) in [5.74, 6) is -0.718. The maximum Gasteiger partial charge on any atom is 1.00 e. The summed E-state index contributed by atoms with van der Waals surface area (Å²) in [4.78, 5) is 22.1. The number of aromatic carboxylic acids is 1. The van der Waals surface area contributed by atoms with Gasteiger partial charge in [0.05, 0.1) is 60.0 Å². The molecule has 2 aromatic rings. The minimum atomic E-state index is -1.27. The molecule has 5 rings (SSSR count). The summed E-state index contributed by atoms with van der Waals surface area (Å²) in [6, 6.07) is 1.91. The molecule has 0 spiro atoms. The number of morpholine rings is 1. The van der Waals surface area contributed by atoms with Gasteiger partial charge < -0.3 is 24.1 Å². The largest absolute Gasteiger partial charge is 1.00 e. The van der Waals surface area contributed by atoms with Gasteiger partial charge in [-0.1, -0.05) is 0 Å². The second kappa shape index (κ2) is 6.17. The summed E-state index contributed by atoms with van der Waals surface area (Å²) >= 11 is 0. The molecule has 2 aromatic heterocycles. The molecule has 1 saturated carbocycles. The van der Waals surface area contributed by atoms with Gasteiger partial charge in [-0.3, -0.25) is 4.98 Å². The third-order valence-electron chi connectivity index (χ3n) is 5.16. The molecule has 0 amide bonds. The third kappa shape index (κ3) is 2.86. The number of imidazole rings is 1. The minimum Gasteiger partial charge on any atom is -0.543 e. The van der Waals surface area contributed by atoms with Gasteiger partial charge in [0.25, 0.3) is 0 Å². The van der Waals surface area contributed by atoms with Gasteiger partial charge in [-0.05, 0) is 25.3 Å². The van der Waals surface area contributed by atoms with Crippen LogP contribution in [0.3, 0.4) is 0 Å². The maximum absolute atomic E-state index is 11.2. The maximum atomic E-state index is 11.2. The van der Waals surface area contributed by atoms with E-state index < -0.39 is 5.97 Å². The molecule has 3 aliphatic rings. The first kappa shape index (κ1) is 16.6. The first-order valence-corrected chi connectivity index (χ1v) is 8.33. The van der Waals surface area contributed by atoms with Crippen LogP contribution in [0.1, 0.15) is 41.4 Å². The van der Waals surface area contributed by atoms with Crippen molar-refractivity contribution in [3.8, 4) is 5.69 Å². The zero-order valence-electron chi connectivity index (χ0n) is 14.1. The quantitative estimate of drug-likeness (QED) is 0.575. The van der Waals surface area contributed by atoms with E-state index >= 15 is 0 Å². The van der Waals surface area contributed by atoms with Crippen LogP contribution in [0.5, 0.6) is 0 Å². The summed E-state index contributed by atoms with van der Waals surface area (Å²) in [5, 5.41) is 11.2. The van der Waals surface area contributed by atoms with E-state index in [4.69, 9.17) is 4.74 Å².